The minimum atomic E-state index is -0.876. The fourth-order valence-electron chi connectivity index (χ4n) is 1.61. The molecule has 0 aromatic heterocycles. The maximum atomic E-state index is 11.7. The van der Waals surface area contributed by atoms with E-state index in [2.05, 4.69) is 10.3 Å². The van der Waals surface area contributed by atoms with Crippen LogP contribution in [0.15, 0.2) is 4.99 Å². The van der Waals surface area contributed by atoms with Crippen molar-refractivity contribution in [1.82, 2.24) is 5.32 Å². The van der Waals surface area contributed by atoms with E-state index in [0.717, 1.165) is 0 Å². The minimum Gasteiger partial charge on any atom is -0.467 e. The number of hydrogen-bond donors (Lipinski definition) is 1. The lowest BCUT2D eigenvalue weighted by Gasteiger charge is -2.21. The zero-order valence-electron chi connectivity index (χ0n) is 12.8. The molecule has 1 rings (SSSR count). The third-order valence-corrected chi connectivity index (χ3v) is 4.03. The molecular formula is C13H22N2O4S. The van der Waals surface area contributed by atoms with Crippen molar-refractivity contribution >= 4 is 28.9 Å². The zero-order chi connectivity index (χ0) is 15.6. The first kappa shape index (κ1) is 16.8. The van der Waals surface area contributed by atoms with Gasteiger partial charge in [0, 0.05) is 5.75 Å². The Labute approximate surface area is 123 Å². The number of carbonyl (C=O) groups excluding carboxylic acids is 2. The normalized spacial score (nSPS) is 23.8. The highest BCUT2D eigenvalue weighted by atomic mass is 32.2. The average Bonchev–Trinajstić information content (AvgIpc) is 2.69. The summed E-state index contributed by atoms with van der Waals surface area (Å²) >= 11 is 1.44. The van der Waals surface area contributed by atoms with Crippen LogP contribution in [0.4, 0.5) is 4.79 Å². The molecule has 0 bridgehead atoms. The highest BCUT2D eigenvalue weighted by Gasteiger charge is 2.40. The molecule has 0 aliphatic carbocycles. The average molecular weight is 302 g/mol. The van der Waals surface area contributed by atoms with Crippen LogP contribution in [-0.2, 0) is 14.3 Å². The van der Waals surface area contributed by atoms with Crippen LogP contribution in [0.3, 0.4) is 0 Å². The standard InChI is InChI=1S/C13H22N2O4S/c1-8(14-11(17)19-12(2,3)4)9-15-13(5,7-20-9)10(16)18-6/h8H,7H2,1-6H3,(H,14,17)/t8-,13-/m0/s1. The van der Waals surface area contributed by atoms with Crippen LogP contribution < -0.4 is 5.32 Å². The molecule has 0 unspecified atom stereocenters. The molecule has 1 heterocycles. The van der Waals surface area contributed by atoms with Crippen molar-refractivity contribution in [1.29, 1.82) is 0 Å². The molecule has 2 atom stereocenters. The van der Waals surface area contributed by atoms with E-state index in [0.29, 0.717) is 10.8 Å². The van der Waals surface area contributed by atoms with E-state index in [1.807, 2.05) is 0 Å². The molecule has 1 aliphatic heterocycles. The van der Waals surface area contributed by atoms with E-state index in [4.69, 9.17) is 9.47 Å². The SMILES string of the molecule is COC(=O)[C@]1(C)CSC([C@H](C)NC(=O)OC(C)(C)C)=N1. The van der Waals surface area contributed by atoms with Crippen LogP contribution in [0, 0.1) is 0 Å². The number of esters is 1. The number of carbonyl (C=O) groups is 2. The van der Waals surface area contributed by atoms with Crippen LogP contribution >= 0.6 is 11.8 Å². The lowest BCUT2D eigenvalue weighted by Crippen LogP contribution is -2.41. The number of ether oxygens (including phenoxy) is 2. The molecule has 0 saturated carbocycles. The summed E-state index contributed by atoms with van der Waals surface area (Å²) in [6, 6.07) is -0.304. The van der Waals surface area contributed by atoms with E-state index < -0.39 is 17.2 Å². The van der Waals surface area contributed by atoms with Gasteiger partial charge < -0.3 is 14.8 Å². The van der Waals surface area contributed by atoms with Crippen molar-refractivity contribution in [3.63, 3.8) is 0 Å². The summed E-state index contributed by atoms with van der Waals surface area (Å²) in [6.45, 7) is 8.92. The summed E-state index contributed by atoms with van der Waals surface area (Å²) in [7, 11) is 1.34. The lowest BCUT2D eigenvalue weighted by atomic mass is 10.1. The topological polar surface area (TPSA) is 77.0 Å². The fourth-order valence-corrected chi connectivity index (χ4v) is 2.80. The monoisotopic (exact) mass is 302 g/mol. The molecule has 1 aliphatic rings. The molecule has 7 heteroatoms. The van der Waals surface area contributed by atoms with Gasteiger partial charge in [-0.25, -0.2) is 9.59 Å². The predicted molar refractivity (Wildman–Crippen MR) is 79.1 cm³/mol. The second-order valence-corrected chi connectivity index (χ2v) is 6.87. The van der Waals surface area contributed by atoms with Gasteiger partial charge in [0.05, 0.1) is 18.2 Å². The number of methoxy groups -OCH3 is 1. The van der Waals surface area contributed by atoms with Crippen molar-refractivity contribution in [3.05, 3.63) is 0 Å². The Morgan fingerprint density at radius 3 is 2.55 bits per heavy atom. The van der Waals surface area contributed by atoms with Gasteiger partial charge in [0.2, 0.25) is 0 Å². The van der Waals surface area contributed by atoms with Crippen LogP contribution in [0.1, 0.15) is 34.6 Å². The van der Waals surface area contributed by atoms with Gasteiger partial charge in [-0.3, -0.25) is 4.99 Å². The fraction of sp³-hybridized carbons (Fsp3) is 0.769. The molecular weight excluding hydrogens is 280 g/mol. The third-order valence-electron chi connectivity index (χ3n) is 2.59. The van der Waals surface area contributed by atoms with E-state index in [9.17, 15) is 9.59 Å². The maximum absolute atomic E-state index is 11.7. The minimum absolute atomic E-state index is 0.304. The highest BCUT2D eigenvalue weighted by Crippen LogP contribution is 2.30. The summed E-state index contributed by atoms with van der Waals surface area (Å²) in [5, 5.41) is 3.41. The number of alkyl carbamates (subject to hydrolysis) is 1. The van der Waals surface area contributed by atoms with Crippen molar-refractivity contribution in [2.24, 2.45) is 4.99 Å². The second kappa shape index (κ2) is 6.03. The number of amides is 1. The van der Waals surface area contributed by atoms with E-state index >= 15 is 0 Å². The maximum Gasteiger partial charge on any atom is 0.408 e. The summed E-state index contributed by atoms with van der Waals surface area (Å²) in [6.07, 6.45) is -0.500. The van der Waals surface area contributed by atoms with Crippen LogP contribution in [0.5, 0.6) is 0 Å². The van der Waals surface area contributed by atoms with Crippen molar-refractivity contribution in [2.75, 3.05) is 12.9 Å². The summed E-state index contributed by atoms with van der Waals surface area (Å²) in [5.41, 5.74) is -1.42. The molecule has 0 aromatic carbocycles. The Hall–Kier alpha value is -1.24. The number of nitrogens with zero attached hydrogens (tertiary/aromatic N) is 1. The van der Waals surface area contributed by atoms with Gasteiger partial charge in [-0.2, -0.15) is 0 Å². The zero-order valence-corrected chi connectivity index (χ0v) is 13.6. The van der Waals surface area contributed by atoms with Gasteiger partial charge in [-0.05, 0) is 34.6 Å². The largest absolute Gasteiger partial charge is 0.467 e. The molecule has 0 radical (unpaired) electrons. The lowest BCUT2D eigenvalue weighted by molar-refractivity contribution is -0.145. The molecule has 0 aromatic rings. The van der Waals surface area contributed by atoms with Crippen LogP contribution in [0.25, 0.3) is 0 Å². The van der Waals surface area contributed by atoms with E-state index in [-0.39, 0.29) is 12.0 Å². The first-order valence-corrected chi connectivity index (χ1v) is 7.36. The van der Waals surface area contributed by atoms with Gasteiger partial charge in [-0.15, -0.1) is 11.8 Å². The van der Waals surface area contributed by atoms with E-state index in [1.54, 1.807) is 34.6 Å². The Morgan fingerprint density at radius 1 is 1.45 bits per heavy atom. The number of nitrogens with one attached hydrogen (secondary N) is 1. The number of hydrogen-bond acceptors (Lipinski definition) is 6. The summed E-state index contributed by atoms with van der Waals surface area (Å²) < 4.78 is 9.92. The second-order valence-electron chi connectivity index (χ2n) is 5.87. The molecule has 1 N–H and O–H groups in total. The van der Waals surface area contributed by atoms with Crippen molar-refractivity contribution < 1.29 is 19.1 Å². The van der Waals surface area contributed by atoms with Gasteiger partial charge in [0.15, 0.2) is 5.54 Å². The Morgan fingerprint density at radius 2 is 2.05 bits per heavy atom. The summed E-state index contributed by atoms with van der Waals surface area (Å²) in [5.74, 6) is 0.138. The molecule has 20 heavy (non-hydrogen) atoms. The highest BCUT2D eigenvalue weighted by molar-refractivity contribution is 8.14. The Bertz CT molecular complexity index is 431. The van der Waals surface area contributed by atoms with Gasteiger partial charge in [-0.1, -0.05) is 0 Å². The Kier molecular flexibility index (Phi) is 5.07. The first-order valence-electron chi connectivity index (χ1n) is 6.38. The number of aliphatic imine (C=N–C) groups is 1. The molecule has 1 amide bonds. The molecule has 114 valence electrons. The van der Waals surface area contributed by atoms with Gasteiger partial charge in [0.25, 0.3) is 0 Å². The first-order chi connectivity index (χ1) is 9.07. The van der Waals surface area contributed by atoms with Gasteiger partial charge in [0.1, 0.15) is 5.60 Å². The Balaban J connectivity index is 2.66. The molecule has 6 nitrogen and oxygen atoms in total. The van der Waals surface area contributed by atoms with E-state index in [1.165, 1.54) is 18.9 Å². The van der Waals surface area contributed by atoms with Crippen LogP contribution in [0.2, 0.25) is 0 Å². The molecule has 0 saturated heterocycles. The summed E-state index contributed by atoms with van der Waals surface area (Å²) in [4.78, 5) is 27.7. The van der Waals surface area contributed by atoms with Crippen molar-refractivity contribution in [2.45, 2.75) is 51.8 Å². The predicted octanol–water partition coefficient (Wildman–Crippen LogP) is 1.98. The molecule has 0 fully saturated rings. The number of rotatable bonds is 3. The number of thioether (sulfide) groups is 1. The quantitative estimate of drug-likeness (QED) is 0.807. The van der Waals surface area contributed by atoms with Gasteiger partial charge >= 0.3 is 12.1 Å². The molecule has 0 spiro atoms. The smallest absolute Gasteiger partial charge is 0.408 e. The third kappa shape index (κ3) is 4.40. The van der Waals surface area contributed by atoms with Crippen molar-refractivity contribution in [3.8, 4) is 0 Å². The van der Waals surface area contributed by atoms with Crippen LogP contribution in [-0.4, -0.2) is 47.2 Å².